The number of sulfonamides is 1. The van der Waals surface area contributed by atoms with Gasteiger partial charge in [-0.05, 0) is 56.6 Å². The van der Waals surface area contributed by atoms with Gasteiger partial charge in [-0.2, -0.15) is 5.26 Å². The van der Waals surface area contributed by atoms with Crippen molar-refractivity contribution in [2.75, 3.05) is 33.4 Å². The number of nitrogens with zero attached hydrogens (tertiary/aromatic N) is 1. The second kappa shape index (κ2) is 7.41. The minimum absolute atomic E-state index is 0.172. The molecule has 6 nitrogen and oxygen atoms in total. The minimum atomic E-state index is -3.60. The molecule has 1 heterocycles. The normalized spacial score (nSPS) is 17.6. The van der Waals surface area contributed by atoms with Crippen LogP contribution in [0.5, 0.6) is 0 Å². The number of piperidine rings is 1. The lowest BCUT2D eigenvalue weighted by molar-refractivity contribution is 0.0577. The van der Waals surface area contributed by atoms with Crippen LogP contribution in [-0.2, 0) is 14.8 Å². The minimum Gasteiger partial charge on any atom is -0.384 e. The van der Waals surface area contributed by atoms with Gasteiger partial charge in [0.25, 0.3) is 0 Å². The van der Waals surface area contributed by atoms with Crippen LogP contribution in [-0.4, -0.2) is 41.8 Å². The van der Waals surface area contributed by atoms with Crippen LogP contribution in [0, 0.1) is 23.7 Å². The first kappa shape index (κ1) is 17.9. The van der Waals surface area contributed by atoms with E-state index < -0.39 is 10.0 Å². The van der Waals surface area contributed by atoms with Gasteiger partial charge in [-0.1, -0.05) is 0 Å². The fourth-order valence-electron chi connectivity index (χ4n) is 2.90. The van der Waals surface area contributed by atoms with Gasteiger partial charge in [0.05, 0.1) is 23.1 Å². The standard InChI is InChI=1S/C16H23N3O3S/c1-13-9-15(4-3-14(13)10-17)23(20,21)19-11-16(12-22-2)5-7-18-8-6-16/h3-4,9,18-19H,5-8,11-12H2,1-2H3. The highest BCUT2D eigenvalue weighted by Crippen LogP contribution is 2.29. The molecule has 0 spiro atoms. The second-order valence-electron chi connectivity index (χ2n) is 6.10. The topological polar surface area (TPSA) is 91.2 Å². The highest BCUT2D eigenvalue weighted by Gasteiger charge is 2.33. The SMILES string of the molecule is COCC1(CNS(=O)(=O)c2ccc(C#N)c(C)c2)CCNCC1. The van der Waals surface area contributed by atoms with Crippen molar-refractivity contribution in [3.63, 3.8) is 0 Å². The van der Waals surface area contributed by atoms with Gasteiger partial charge in [-0.15, -0.1) is 0 Å². The lowest BCUT2D eigenvalue weighted by atomic mass is 9.80. The van der Waals surface area contributed by atoms with Gasteiger partial charge in [0.2, 0.25) is 10.0 Å². The molecule has 0 bridgehead atoms. The molecule has 0 unspecified atom stereocenters. The summed E-state index contributed by atoms with van der Waals surface area (Å²) >= 11 is 0. The van der Waals surface area contributed by atoms with Crippen molar-refractivity contribution >= 4 is 10.0 Å². The molecule has 1 aliphatic rings. The summed E-state index contributed by atoms with van der Waals surface area (Å²) in [6.45, 7) is 4.34. The number of aryl methyl sites for hydroxylation is 1. The van der Waals surface area contributed by atoms with E-state index in [0.717, 1.165) is 25.9 Å². The summed E-state index contributed by atoms with van der Waals surface area (Å²) in [5.41, 5.74) is 0.969. The van der Waals surface area contributed by atoms with Crippen molar-refractivity contribution in [1.82, 2.24) is 10.0 Å². The maximum absolute atomic E-state index is 12.5. The smallest absolute Gasteiger partial charge is 0.240 e. The van der Waals surface area contributed by atoms with E-state index in [1.54, 1.807) is 20.1 Å². The lowest BCUT2D eigenvalue weighted by Gasteiger charge is -2.37. The van der Waals surface area contributed by atoms with E-state index >= 15 is 0 Å². The number of hydrogen-bond acceptors (Lipinski definition) is 5. The van der Waals surface area contributed by atoms with Crippen LogP contribution in [0.3, 0.4) is 0 Å². The van der Waals surface area contributed by atoms with Crippen LogP contribution >= 0.6 is 0 Å². The van der Waals surface area contributed by atoms with Gasteiger partial charge in [0, 0.05) is 19.1 Å². The predicted molar refractivity (Wildman–Crippen MR) is 87.5 cm³/mol. The van der Waals surface area contributed by atoms with Gasteiger partial charge in [0.1, 0.15) is 0 Å². The van der Waals surface area contributed by atoms with E-state index in [0.29, 0.717) is 24.3 Å². The Hall–Kier alpha value is -1.46. The summed E-state index contributed by atoms with van der Waals surface area (Å²) < 4.78 is 33.1. The van der Waals surface area contributed by atoms with E-state index in [4.69, 9.17) is 10.00 Å². The third-order valence-corrected chi connectivity index (χ3v) is 5.78. The van der Waals surface area contributed by atoms with Crippen LogP contribution in [0.4, 0.5) is 0 Å². The fourth-order valence-corrected chi connectivity index (χ4v) is 4.14. The molecule has 1 aromatic carbocycles. The number of rotatable bonds is 6. The monoisotopic (exact) mass is 337 g/mol. The van der Waals surface area contributed by atoms with Crippen molar-refractivity contribution in [3.05, 3.63) is 29.3 Å². The maximum Gasteiger partial charge on any atom is 0.240 e. The Kier molecular flexibility index (Phi) is 5.76. The lowest BCUT2D eigenvalue weighted by Crippen LogP contribution is -2.47. The summed E-state index contributed by atoms with van der Waals surface area (Å²) in [6, 6.07) is 6.59. The first-order valence-corrected chi connectivity index (χ1v) is 9.11. The molecule has 1 aliphatic heterocycles. The van der Waals surface area contributed by atoms with Gasteiger partial charge < -0.3 is 10.1 Å². The number of nitriles is 1. The Bertz CT molecular complexity index is 684. The number of ether oxygens (including phenoxy) is 1. The first-order valence-electron chi connectivity index (χ1n) is 7.63. The van der Waals surface area contributed by atoms with Crippen molar-refractivity contribution in [2.45, 2.75) is 24.7 Å². The summed E-state index contributed by atoms with van der Waals surface area (Å²) in [5.74, 6) is 0. The van der Waals surface area contributed by atoms with Crippen LogP contribution in [0.25, 0.3) is 0 Å². The van der Waals surface area contributed by atoms with Gasteiger partial charge in [0.15, 0.2) is 0 Å². The van der Waals surface area contributed by atoms with E-state index in [2.05, 4.69) is 10.0 Å². The highest BCUT2D eigenvalue weighted by molar-refractivity contribution is 7.89. The van der Waals surface area contributed by atoms with E-state index in [9.17, 15) is 8.42 Å². The fraction of sp³-hybridized carbons (Fsp3) is 0.562. The zero-order valence-electron chi connectivity index (χ0n) is 13.6. The molecule has 7 heteroatoms. The molecule has 23 heavy (non-hydrogen) atoms. The van der Waals surface area contributed by atoms with Crippen molar-refractivity contribution < 1.29 is 13.2 Å². The average molecular weight is 337 g/mol. The predicted octanol–water partition coefficient (Wildman–Crippen LogP) is 1.16. The molecule has 0 aromatic heterocycles. The van der Waals surface area contributed by atoms with E-state index in [-0.39, 0.29) is 10.3 Å². The van der Waals surface area contributed by atoms with Gasteiger partial charge in [-0.25, -0.2) is 13.1 Å². The number of methoxy groups -OCH3 is 1. The molecule has 1 aromatic rings. The molecule has 2 N–H and O–H groups in total. The quantitative estimate of drug-likeness (QED) is 0.813. The number of hydrogen-bond donors (Lipinski definition) is 2. The Morgan fingerprint density at radius 3 is 2.65 bits per heavy atom. The van der Waals surface area contributed by atoms with E-state index in [1.165, 1.54) is 12.1 Å². The zero-order chi connectivity index (χ0) is 16.9. The molecular weight excluding hydrogens is 314 g/mol. The summed E-state index contributed by atoms with van der Waals surface area (Å²) in [5, 5.41) is 12.2. The van der Waals surface area contributed by atoms with Crippen molar-refractivity contribution in [3.8, 4) is 6.07 Å². The molecular formula is C16H23N3O3S. The molecule has 0 saturated carbocycles. The van der Waals surface area contributed by atoms with Crippen LogP contribution in [0.2, 0.25) is 0 Å². The molecule has 0 radical (unpaired) electrons. The Morgan fingerprint density at radius 2 is 2.09 bits per heavy atom. The average Bonchev–Trinajstić information content (AvgIpc) is 2.54. The highest BCUT2D eigenvalue weighted by atomic mass is 32.2. The molecule has 0 atom stereocenters. The first-order chi connectivity index (χ1) is 10.9. The van der Waals surface area contributed by atoms with Crippen LogP contribution in [0.1, 0.15) is 24.0 Å². The van der Waals surface area contributed by atoms with Gasteiger partial charge in [-0.3, -0.25) is 0 Å². The third kappa shape index (κ3) is 4.30. The molecule has 0 aliphatic carbocycles. The second-order valence-corrected chi connectivity index (χ2v) is 7.86. The third-order valence-electron chi connectivity index (χ3n) is 4.38. The molecule has 1 fully saturated rings. The molecule has 2 rings (SSSR count). The summed E-state index contributed by atoms with van der Waals surface area (Å²) in [6.07, 6.45) is 1.74. The zero-order valence-corrected chi connectivity index (χ0v) is 14.4. The van der Waals surface area contributed by atoms with E-state index in [1.807, 2.05) is 6.07 Å². The largest absolute Gasteiger partial charge is 0.384 e. The van der Waals surface area contributed by atoms with Gasteiger partial charge >= 0.3 is 0 Å². The number of benzene rings is 1. The number of nitrogens with one attached hydrogen (secondary N) is 2. The summed E-state index contributed by atoms with van der Waals surface area (Å²) in [4.78, 5) is 0.190. The van der Waals surface area contributed by atoms with Crippen molar-refractivity contribution in [1.29, 1.82) is 5.26 Å². The maximum atomic E-state index is 12.5. The Balaban J connectivity index is 2.14. The Morgan fingerprint density at radius 1 is 1.39 bits per heavy atom. The van der Waals surface area contributed by atoms with Crippen LogP contribution < -0.4 is 10.0 Å². The molecule has 1 saturated heterocycles. The molecule has 0 amide bonds. The van der Waals surface area contributed by atoms with Crippen LogP contribution in [0.15, 0.2) is 23.1 Å². The van der Waals surface area contributed by atoms with Crippen molar-refractivity contribution in [2.24, 2.45) is 5.41 Å². The summed E-state index contributed by atoms with van der Waals surface area (Å²) in [7, 11) is -1.96. The Labute approximate surface area is 137 Å². The molecule has 126 valence electrons.